The number of carbonyl (C=O) groups is 1. The Labute approximate surface area is 201 Å². The molecule has 0 saturated carbocycles. The van der Waals surface area contributed by atoms with E-state index in [4.69, 9.17) is 14.5 Å². The summed E-state index contributed by atoms with van der Waals surface area (Å²) >= 11 is 1.38. The molecule has 0 saturated heterocycles. The predicted molar refractivity (Wildman–Crippen MR) is 131 cm³/mol. The van der Waals surface area contributed by atoms with Crippen molar-refractivity contribution in [3.8, 4) is 11.5 Å². The SMILES string of the molecule is COc1cc2nc(C3Cc4ccccc4N3S(=O)(=O)NC(=O)c3ccccc3)sc2cc1OC. The number of aromatic nitrogens is 1. The molecule has 174 valence electrons. The van der Waals surface area contributed by atoms with E-state index in [9.17, 15) is 13.2 Å². The van der Waals surface area contributed by atoms with Crippen LogP contribution in [-0.2, 0) is 16.6 Å². The van der Waals surface area contributed by atoms with Crippen molar-refractivity contribution in [3.63, 3.8) is 0 Å². The number of benzene rings is 3. The van der Waals surface area contributed by atoms with Crippen LogP contribution in [0.5, 0.6) is 11.5 Å². The first-order valence-corrected chi connectivity index (χ1v) is 12.7. The van der Waals surface area contributed by atoms with E-state index in [0.717, 1.165) is 10.3 Å². The maximum absolute atomic E-state index is 13.5. The molecule has 0 radical (unpaired) electrons. The van der Waals surface area contributed by atoms with Crippen LogP contribution in [0.25, 0.3) is 10.2 Å². The molecule has 1 amide bonds. The summed E-state index contributed by atoms with van der Waals surface area (Å²) in [5.41, 5.74) is 2.32. The molecular weight excluding hydrogens is 474 g/mol. The van der Waals surface area contributed by atoms with Crippen LogP contribution in [0.2, 0.25) is 0 Å². The first-order valence-electron chi connectivity index (χ1n) is 10.4. The summed E-state index contributed by atoms with van der Waals surface area (Å²) < 4.78 is 42.1. The fourth-order valence-corrected chi connectivity index (χ4v) is 6.61. The first kappa shape index (κ1) is 22.2. The molecule has 0 bridgehead atoms. The molecule has 1 aliphatic heterocycles. The summed E-state index contributed by atoms with van der Waals surface area (Å²) in [6.07, 6.45) is 0.435. The third-order valence-corrected chi connectivity index (χ3v) is 8.17. The van der Waals surface area contributed by atoms with Gasteiger partial charge in [0.25, 0.3) is 5.91 Å². The van der Waals surface area contributed by atoms with Gasteiger partial charge >= 0.3 is 10.2 Å². The van der Waals surface area contributed by atoms with Crippen LogP contribution in [-0.4, -0.2) is 33.5 Å². The first-order chi connectivity index (χ1) is 16.4. The number of thiazole rings is 1. The molecule has 1 aliphatic rings. The number of rotatable bonds is 6. The zero-order valence-electron chi connectivity index (χ0n) is 18.4. The lowest BCUT2D eigenvalue weighted by molar-refractivity contribution is 0.0981. The van der Waals surface area contributed by atoms with Crippen LogP contribution in [0.1, 0.15) is 27.0 Å². The van der Waals surface area contributed by atoms with Crippen molar-refractivity contribution in [2.75, 3.05) is 18.5 Å². The topological polar surface area (TPSA) is 97.8 Å². The minimum atomic E-state index is -4.23. The summed E-state index contributed by atoms with van der Waals surface area (Å²) in [4.78, 5) is 17.4. The number of methoxy groups -OCH3 is 2. The van der Waals surface area contributed by atoms with Crippen molar-refractivity contribution >= 4 is 43.4 Å². The fraction of sp³-hybridized carbons (Fsp3) is 0.167. The Bertz CT molecular complexity index is 1440. The molecule has 4 aromatic rings. The van der Waals surface area contributed by atoms with Crippen molar-refractivity contribution in [2.24, 2.45) is 0 Å². The number of fused-ring (bicyclic) bond motifs is 2. The largest absolute Gasteiger partial charge is 0.493 e. The standard InChI is InChI=1S/C24H21N3O5S2/c1-31-20-13-17-22(14-21(20)32-2)33-24(25-17)19-12-16-10-6-7-11-18(16)27(19)34(29,30)26-23(28)15-8-4-3-5-9-15/h3-11,13-14,19H,12H2,1-2H3,(H,26,28). The van der Waals surface area contributed by atoms with Gasteiger partial charge in [-0.1, -0.05) is 36.4 Å². The van der Waals surface area contributed by atoms with E-state index in [1.165, 1.54) is 15.6 Å². The minimum Gasteiger partial charge on any atom is -0.493 e. The van der Waals surface area contributed by atoms with E-state index in [1.54, 1.807) is 62.8 Å². The second-order valence-corrected chi connectivity index (χ2v) is 10.3. The van der Waals surface area contributed by atoms with E-state index in [-0.39, 0.29) is 5.56 Å². The third-order valence-electron chi connectivity index (χ3n) is 5.64. The normalized spacial score (nSPS) is 15.2. The number of anilines is 1. The van der Waals surface area contributed by atoms with Gasteiger partial charge in [0.15, 0.2) is 11.5 Å². The predicted octanol–water partition coefficient (Wildman–Crippen LogP) is 4.09. The lowest BCUT2D eigenvalue weighted by atomic mass is 10.1. The number of para-hydroxylation sites is 1. The highest BCUT2D eigenvalue weighted by molar-refractivity contribution is 7.91. The molecule has 1 aromatic heterocycles. The minimum absolute atomic E-state index is 0.259. The molecule has 8 nitrogen and oxygen atoms in total. The van der Waals surface area contributed by atoms with Crippen molar-refractivity contribution in [1.29, 1.82) is 0 Å². The van der Waals surface area contributed by atoms with Gasteiger partial charge in [-0.15, -0.1) is 11.3 Å². The van der Waals surface area contributed by atoms with Crippen LogP contribution < -0.4 is 18.5 Å². The number of ether oxygens (including phenoxy) is 2. The summed E-state index contributed by atoms with van der Waals surface area (Å²) in [5.74, 6) is 0.420. The van der Waals surface area contributed by atoms with Gasteiger partial charge in [0.05, 0.1) is 30.1 Å². The quantitative estimate of drug-likeness (QED) is 0.433. The van der Waals surface area contributed by atoms with Crippen molar-refractivity contribution in [2.45, 2.75) is 12.5 Å². The molecule has 10 heteroatoms. The fourth-order valence-electron chi connectivity index (χ4n) is 4.07. The van der Waals surface area contributed by atoms with Crippen LogP contribution in [0.15, 0.2) is 66.7 Å². The molecule has 1 unspecified atom stereocenters. The Morgan fingerprint density at radius 1 is 1.03 bits per heavy atom. The summed E-state index contributed by atoms with van der Waals surface area (Å²) in [5, 5.41) is 0.610. The van der Waals surface area contributed by atoms with E-state index in [1.807, 2.05) is 18.2 Å². The number of amides is 1. The molecule has 1 atom stereocenters. The van der Waals surface area contributed by atoms with E-state index >= 15 is 0 Å². The second kappa shape index (κ2) is 8.62. The average Bonchev–Trinajstić information content (AvgIpc) is 3.44. The molecule has 0 spiro atoms. The van der Waals surface area contributed by atoms with Gasteiger partial charge in [-0.25, -0.2) is 14.0 Å². The highest BCUT2D eigenvalue weighted by atomic mass is 32.2. The maximum atomic E-state index is 13.5. The van der Waals surface area contributed by atoms with Gasteiger partial charge in [-0.2, -0.15) is 8.42 Å². The Morgan fingerprint density at radius 2 is 1.71 bits per heavy atom. The van der Waals surface area contributed by atoms with Gasteiger partial charge in [-0.3, -0.25) is 4.79 Å². The average molecular weight is 496 g/mol. The zero-order chi connectivity index (χ0) is 23.9. The summed E-state index contributed by atoms with van der Waals surface area (Å²) in [6, 6.07) is 18.5. The Morgan fingerprint density at radius 3 is 2.44 bits per heavy atom. The van der Waals surface area contributed by atoms with Crippen LogP contribution in [0.3, 0.4) is 0 Å². The smallest absolute Gasteiger partial charge is 0.327 e. The highest BCUT2D eigenvalue weighted by Crippen LogP contribution is 2.45. The molecule has 1 N–H and O–H groups in total. The molecule has 2 heterocycles. The lowest BCUT2D eigenvalue weighted by Gasteiger charge is -2.25. The van der Waals surface area contributed by atoms with Gasteiger partial charge in [0.2, 0.25) is 0 Å². The van der Waals surface area contributed by atoms with Gasteiger partial charge < -0.3 is 9.47 Å². The highest BCUT2D eigenvalue weighted by Gasteiger charge is 2.41. The number of hydrogen-bond acceptors (Lipinski definition) is 7. The Balaban J connectivity index is 1.56. The second-order valence-electron chi connectivity index (χ2n) is 7.67. The van der Waals surface area contributed by atoms with Crippen molar-refractivity contribution < 1.29 is 22.7 Å². The van der Waals surface area contributed by atoms with Gasteiger partial charge in [0, 0.05) is 24.1 Å². The number of hydrogen-bond donors (Lipinski definition) is 1. The Hall–Kier alpha value is -3.63. The van der Waals surface area contributed by atoms with Crippen molar-refractivity contribution in [3.05, 3.63) is 82.9 Å². The van der Waals surface area contributed by atoms with Gasteiger partial charge in [0.1, 0.15) is 11.0 Å². The molecular formula is C24H21N3O5S2. The molecule has 0 aliphatic carbocycles. The summed E-state index contributed by atoms with van der Waals surface area (Å²) in [6.45, 7) is 0. The monoisotopic (exact) mass is 495 g/mol. The number of nitrogens with one attached hydrogen (secondary N) is 1. The maximum Gasteiger partial charge on any atom is 0.327 e. The summed E-state index contributed by atoms with van der Waals surface area (Å²) in [7, 11) is -1.12. The van der Waals surface area contributed by atoms with Gasteiger partial charge in [-0.05, 0) is 23.8 Å². The molecule has 0 fully saturated rings. The molecule has 34 heavy (non-hydrogen) atoms. The van der Waals surface area contributed by atoms with E-state index in [0.29, 0.717) is 34.1 Å². The number of carbonyl (C=O) groups excluding carboxylic acids is 1. The third kappa shape index (κ3) is 3.84. The van der Waals surface area contributed by atoms with Crippen LogP contribution >= 0.6 is 11.3 Å². The van der Waals surface area contributed by atoms with Crippen LogP contribution in [0.4, 0.5) is 5.69 Å². The van der Waals surface area contributed by atoms with Crippen molar-refractivity contribution in [1.82, 2.24) is 9.71 Å². The van der Waals surface area contributed by atoms with E-state index < -0.39 is 22.2 Å². The molecule has 5 rings (SSSR count). The Kier molecular flexibility index (Phi) is 5.62. The lowest BCUT2D eigenvalue weighted by Crippen LogP contribution is -2.44. The molecule has 3 aromatic carbocycles. The number of nitrogens with zero attached hydrogens (tertiary/aromatic N) is 2. The zero-order valence-corrected chi connectivity index (χ0v) is 20.0. The van der Waals surface area contributed by atoms with Crippen LogP contribution in [0, 0.1) is 0 Å². The van der Waals surface area contributed by atoms with E-state index in [2.05, 4.69) is 4.72 Å².